The van der Waals surface area contributed by atoms with E-state index < -0.39 is 0 Å². The van der Waals surface area contributed by atoms with Gasteiger partial charge in [-0.2, -0.15) is 0 Å². The van der Waals surface area contributed by atoms with Crippen LogP contribution in [0, 0.1) is 6.92 Å². The normalized spacial score (nSPS) is 13.5. The van der Waals surface area contributed by atoms with E-state index in [1.807, 2.05) is 32.0 Å². The first-order valence-corrected chi connectivity index (χ1v) is 8.05. The van der Waals surface area contributed by atoms with Gasteiger partial charge in [0.1, 0.15) is 6.04 Å². The number of halogens is 1. The molecule has 0 aromatic heterocycles. The molecule has 1 aliphatic heterocycles. The van der Waals surface area contributed by atoms with Crippen LogP contribution in [0.5, 0.6) is 11.5 Å². The fraction of sp³-hybridized carbons (Fsp3) is 0.235. The van der Waals surface area contributed by atoms with Gasteiger partial charge in [0.05, 0.1) is 0 Å². The molecule has 2 N–H and O–H groups in total. The topological polar surface area (TPSA) is 59.6 Å². The number of amides is 1. The molecule has 0 radical (unpaired) electrons. The van der Waals surface area contributed by atoms with Crippen molar-refractivity contribution in [2.75, 3.05) is 17.4 Å². The molecule has 0 saturated carbocycles. The van der Waals surface area contributed by atoms with Gasteiger partial charge in [0.15, 0.2) is 11.5 Å². The minimum absolute atomic E-state index is 0.121. The molecule has 0 spiro atoms. The number of carbonyl (C=O) groups is 1. The van der Waals surface area contributed by atoms with Crippen molar-refractivity contribution in [1.82, 2.24) is 0 Å². The van der Waals surface area contributed by atoms with Crippen molar-refractivity contribution in [3.63, 3.8) is 0 Å². The molecule has 1 atom stereocenters. The van der Waals surface area contributed by atoms with E-state index in [2.05, 4.69) is 26.6 Å². The second-order valence-corrected chi connectivity index (χ2v) is 6.24. The molecule has 0 aliphatic carbocycles. The molecular weight excluding hydrogens is 360 g/mol. The highest BCUT2D eigenvalue weighted by atomic mass is 79.9. The standard InChI is InChI=1S/C17H17BrN2O3/c1-10-7-12(3-5-14(10)18)19-11(2)17(21)20-13-4-6-15-16(8-13)23-9-22-15/h3-8,11,19H,9H2,1-2H3,(H,20,21)/t11-/m1/s1. The zero-order valence-corrected chi connectivity index (χ0v) is 14.4. The van der Waals surface area contributed by atoms with Crippen LogP contribution in [-0.4, -0.2) is 18.7 Å². The summed E-state index contributed by atoms with van der Waals surface area (Å²) in [4.78, 5) is 12.3. The number of fused-ring (bicyclic) bond motifs is 1. The second kappa shape index (κ2) is 6.50. The lowest BCUT2D eigenvalue weighted by Gasteiger charge is -2.16. The number of anilines is 2. The number of hydrogen-bond donors (Lipinski definition) is 2. The molecule has 1 heterocycles. The Kier molecular flexibility index (Phi) is 4.43. The molecule has 0 saturated heterocycles. The average Bonchev–Trinajstić information content (AvgIpc) is 2.98. The van der Waals surface area contributed by atoms with E-state index in [0.717, 1.165) is 15.7 Å². The Morgan fingerprint density at radius 1 is 1.13 bits per heavy atom. The van der Waals surface area contributed by atoms with E-state index in [-0.39, 0.29) is 18.7 Å². The number of ether oxygens (including phenoxy) is 2. The summed E-state index contributed by atoms with van der Waals surface area (Å²) in [6, 6.07) is 10.9. The molecule has 23 heavy (non-hydrogen) atoms. The molecule has 120 valence electrons. The average molecular weight is 377 g/mol. The molecule has 0 unspecified atom stereocenters. The summed E-state index contributed by atoms with van der Waals surface area (Å²) in [5, 5.41) is 6.06. The molecule has 2 aromatic carbocycles. The zero-order valence-electron chi connectivity index (χ0n) is 12.9. The van der Waals surface area contributed by atoms with Gasteiger partial charge < -0.3 is 20.1 Å². The molecular formula is C17H17BrN2O3. The van der Waals surface area contributed by atoms with Gasteiger partial charge in [0.2, 0.25) is 12.7 Å². The number of nitrogens with one attached hydrogen (secondary N) is 2. The summed E-state index contributed by atoms with van der Waals surface area (Å²) in [6.07, 6.45) is 0. The molecule has 0 bridgehead atoms. The fourth-order valence-electron chi connectivity index (χ4n) is 2.27. The highest BCUT2D eigenvalue weighted by Crippen LogP contribution is 2.34. The Hall–Kier alpha value is -2.21. The van der Waals surface area contributed by atoms with Gasteiger partial charge >= 0.3 is 0 Å². The Labute approximate surface area is 143 Å². The lowest BCUT2D eigenvalue weighted by Crippen LogP contribution is -2.31. The van der Waals surface area contributed by atoms with Crippen molar-refractivity contribution in [2.24, 2.45) is 0 Å². The summed E-state index contributed by atoms with van der Waals surface area (Å²) < 4.78 is 11.6. The van der Waals surface area contributed by atoms with Gasteiger partial charge in [-0.15, -0.1) is 0 Å². The summed E-state index contributed by atoms with van der Waals surface area (Å²) in [7, 11) is 0. The first-order valence-electron chi connectivity index (χ1n) is 7.26. The Morgan fingerprint density at radius 3 is 2.65 bits per heavy atom. The van der Waals surface area contributed by atoms with Gasteiger partial charge in [-0.05, 0) is 49.7 Å². The molecule has 3 rings (SSSR count). The SMILES string of the molecule is Cc1cc(N[C@H](C)C(=O)Nc2ccc3c(c2)OCO3)ccc1Br. The van der Waals surface area contributed by atoms with Crippen molar-refractivity contribution >= 4 is 33.2 Å². The van der Waals surface area contributed by atoms with Crippen molar-refractivity contribution in [2.45, 2.75) is 19.9 Å². The first-order chi connectivity index (χ1) is 11.0. The van der Waals surface area contributed by atoms with Crippen LogP contribution in [0.25, 0.3) is 0 Å². The first kappa shape index (κ1) is 15.7. The number of aryl methyl sites for hydroxylation is 1. The molecule has 1 amide bonds. The summed E-state index contributed by atoms with van der Waals surface area (Å²) in [6.45, 7) is 4.04. The van der Waals surface area contributed by atoms with Gasteiger partial charge in [0.25, 0.3) is 0 Å². The minimum Gasteiger partial charge on any atom is -0.454 e. The Bertz CT molecular complexity index is 749. The van der Waals surface area contributed by atoms with Crippen molar-refractivity contribution in [3.8, 4) is 11.5 Å². The van der Waals surface area contributed by atoms with Crippen molar-refractivity contribution < 1.29 is 14.3 Å². The highest BCUT2D eigenvalue weighted by molar-refractivity contribution is 9.10. The highest BCUT2D eigenvalue weighted by Gasteiger charge is 2.17. The minimum atomic E-state index is -0.374. The summed E-state index contributed by atoms with van der Waals surface area (Å²) in [5.74, 6) is 1.22. The van der Waals surface area contributed by atoms with E-state index in [0.29, 0.717) is 17.2 Å². The molecule has 6 heteroatoms. The van der Waals surface area contributed by atoms with Crippen LogP contribution in [0.15, 0.2) is 40.9 Å². The van der Waals surface area contributed by atoms with Crippen LogP contribution in [-0.2, 0) is 4.79 Å². The summed E-state index contributed by atoms with van der Waals surface area (Å²) in [5.41, 5.74) is 2.69. The molecule has 2 aromatic rings. The number of rotatable bonds is 4. The van der Waals surface area contributed by atoms with Crippen LogP contribution in [0.1, 0.15) is 12.5 Å². The fourth-order valence-corrected chi connectivity index (χ4v) is 2.52. The van der Waals surface area contributed by atoms with Gasteiger partial charge in [-0.3, -0.25) is 4.79 Å². The van der Waals surface area contributed by atoms with Crippen molar-refractivity contribution in [1.29, 1.82) is 0 Å². The van der Waals surface area contributed by atoms with E-state index in [4.69, 9.17) is 9.47 Å². The maximum Gasteiger partial charge on any atom is 0.246 e. The van der Waals surface area contributed by atoms with Crippen LogP contribution in [0.2, 0.25) is 0 Å². The Morgan fingerprint density at radius 2 is 1.87 bits per heavy atom. The van der Waals surface area contributed by atoms with Crippen LogP contribution in [0.4, 0.5) is 11.4 Å². The van der Waals surface area contributed by atoms with E-state index in [1.165, 1.54) is 0 Å². The van der Waals surface area contributed by atoms with Crippen LogP contribution < -0.4 is 20.1 Å². The third kappa shape index (κ3) is 3.59. The predicted molar refractivity (Wildman–Crippen MR) is 93.2 cm³/mol. The van der Waals surface area contributed by atoms with E-state index in [1.54, 1.807) is 18.2 Å². The third-order valence-electron chi connectivity index (χ3n) is 3.57. The van der Waals surface area contributed by atoms with Crippen LogP contribution in [0.3, 0.4) is 0 Å². The van der Waals surface area contributed by atoms with Gasteiger partial charge in [-0.1, -0.05) is 15.9 Å². The zero-order chi connectivity index (χ0) is 16.4. The lowest BCUT2D eigenvalue weighted by molar-refractivity contribution is -0.116. The number of benzene rings is 2. The van der Waals surface area contributed by atoms with E-state index in [9.17, 15) is 4.79 Å². The smallest absolute Gasteiger partial charge is 0.246 e. The number of hydrogen-bond acceptors (Lipinski definition) is 4. The molecule has 0 fully saturated rings. The van der Waals surface area contributed by atoms with Crippen molar-refractivity contribution in [3.05, 3.63) is 46.4 Å². The lowest BCUT2D eigenvalue weighted by atomic mass is 10.2. The monoisotopic (exact) mass is 376 g/mol. The van der Waals surface area contributed by atoms with Crippen LogP contribution >= 0.6 is 15.9 Å². The maximum absolute atomic E-state index is 12.3. The molecule has 5 nitrogen and oxygen atoms in total. The molecule has 1 aliphatic rings. The third-order valence-corrected chi connectivity index (χ3v) is 4.46. The largest absolute Gasteiger partial charge is 0.454 e. The predicted octanol–water partition coefficient (Wildman–Crippen LogP) is 3.93. The second-order valence-electron chi connectivity index (χ2n) is 5.39. The Balaban J connectivity index is 1.64. The summed E-state index contributed by atoms with van der Waals surface area (Å²) >= 11 is 3.46. The maximum atomic E-state index is 12.3. The quantitative estimate of drug-likeness (QED) is 0.848. The van der Waals surface area contributed by atoms with E-state index >= 15 is 0 Å². The number of carbonyl (C=O) groups excluding carboxylic acids is 1. The van der Waals surface area contributed by atoms with Gasteiger partial charge in [-0.25, -0.2) is 0 Å². The van der Waals surface area contributed by atoms with Gasteiger partial charge in [0, 0.05) is 21.9 Å².